The van der Waals surface area contributed by atoms with E-state index in [0.29, 0.717) is 0 Å². The van der Waals surface area contributed by atoms with E-state index >= 15 is 0 Å². The molecule has 0 aromatic heterocycles. The summed E-state index contributed by atoms with van der Waals surface area (Å²) in [7, 11) is 0. The fraction of sp³-hybridized carbons (Fsp3) is 0.429. The molecule has 74 valence electrons. The zero-order chi connectivity index (χ0) is 9.80. The quantitative estimate of drug-likeness (QED) is 0.614. The van der Waals surface area contributed by atoms with Gasteiger partial charge in [-0.25, -0.2) is 0 Å². The molecular formula is C14H18. The van der Waals surface area contributed by atoms with Gasteiger partial charge in [0.05, 0.1) is 0 Å². The first-order valence-corrected chi connectivity index (χ1v) is 5.57. The molecule has 0 heterocycles. The molecule has 0 nitrogen and oxygen atoms in total. The molecule has 1 aromatic carbocycles. The first-order valence-electron chi connectivity index (χ1n) is 5.57. The molecule has 1 saturated carbocycles. The summed E-state index contributed by atoms with van der Waals surface area (Å²) in [4.78, 5) is 0. The normalized spacial score (nSPS) is 15.4. The van der Waals surface area contributed by atoms with E-state index in [1.165, 1.54) is 30.4 Å². The summed E-state index contributed by atoms with van der Waals surface area (Å²) in [6, 6.07) is 9.11. The molecule has 0 aliphatic heterocycles. The molecule has 1 aliphatic rings. The van der Waals surface area contributed by atoms with E-state index in [2.05, 4.69) is 30.8 Å². The van der Waals surface area contributed by atoms with Gasteiger partial charge in [0.1, 0.15) is 0 Å². The lowest BCUT2D eigenvalue weighted by Gasteiger charge is -2.02. The lowest BCUT2D eigenvalue weighted by atomic mass is 10.0. The molecule has 0 heteroatoms. The number of rotatable bonds is 5. The van der Waals surface area contributed by atoms with Crippen LogP contribution in [-0.4, -0.2) is 0 Å². The van der Waals surface area contributed by atoms with Crippen LogP contribution in [0.2, 0.25) is 0 Å². The third kappa shape index (κ3) is 2.73. The van der Waals surface area contributed by atoms with Crippen molar-refractivity contribution < 1.29 is 0 Å². The van der Waals surface area contributed by atoms with Crippen LogP contribution in [0.4, 0.5) is 0 Å². The van der Waals surface area contributed by atoms with Crippen molar-refractivity contribution in [3.05, 3.63) is 48.0 Å². The van der Waals surface area contributed by atoms with E-state index in [0.717, 1.165) is 18.8 Å². The van der Waals surface area contributed by atoms with Gasteiger partial charge in [-0.3, -0.25) is 0 Å². The Balaban J connectivity index is 1.90. The van der Waals surface area contributed by atoms with Crippen LogP contribution in [0.25, 0.3) is 0 Å². The van der Waals surface area contributed by atoms with Crippen LogP contribution in [0.1, 0.15) is 30.4 Å². The summed E-state index contributed by atoms with van der Waals surface area (Å²) in [5, 5.41) is 0. The smallest absolute Gasteiger partial charge is 0.0244 e. The van der Waals surface area contributed by atoms with Gasteiger partial charge in [-0.05, 0) is 49.1 Å². The van der Waals surface area contributed by atoms with Gasteiger partial charge in [0, 0.05) is 0 Å². The second kappa shape index (κ2) is 4.45. The first kappa shape index (κ1) is 9.51. The number of hydrogen-bond donors (Lipinski definition) is 0. The number of allylic oxidation sites excluding steroid dienone is 1. The van der Waals surface area contributed by atoms with Crippen LogP contribution in [-0.2, 0) is 12.8 Å². The average Bonchev–Trinajstić information content (AvgIpc) is 3.01. The Morgan fingerprint density at radius 2 is 1.79 bits per heavy atom. The molecule has 14 heavy (non-hydrogen) atoms. The first-order chi connectivity index (χ1) is 6.88. The molecule has 0 spiro atoms. The topological polar surface area (TPSA) is 0 Å². The highest BCUT2D eigenvalue weighted by atomic mass is 14.3. The van der Waals surface area contributed by atoms with Gasteiger partial charge in [-0.15, -0.1) is 6.58 Å². The van der Waals surface area contributed by atoms with Gasteiger partial charge in [-0.2, -0.15) is 0 Å². The van der Waals surface area contributed by atoms with Gasteiger partial charge in [-0.1, -0.05) is 30.3 Å². The Hall–Kier alpha value is -1.04. The van der Waals surface area contributed by atoms with Crippen LogP contribution in [0.5, 0.6) is 0 Å². The number of aryl methyl sites for hydroxylation is 1. The highest BCUT2D eigenvalue weighted by Crippen LogP contribution is 2.32. The van der Waals surface area contributed by atoms with E-state index in [1.54, 1.807) is 0 Å². The Morgan fingerprint density at radius 3 is 2.36 bits per heavy atom. The molecule has 0 amide bonds. The SMILES string of the molecule is C=CCCc1ccc(CC2CC2)cc1. The summed E-state index contributed by atoms with van der Waals surface area (Å²) in [5.41, 5.74) is 2.94. The largest absolute Gasteiger partial charge is 0.103 e. The summed E-state index contributed by atoms with van der Waals surface area (Å²) < 4.78 is 0. The maximum atomic E-state index is 3.74. The fourth-order valence-electron chi connectivity index (χ4n) is 1.77. The molecule has 0 bridgehead atoms. The standard InChI is InChI=1S/C14H18/c1-2-3-4-12-5-7-13(8-6-12)11-14-9-10-14/h2,5-8,14H,1,3-4,9-11H2. The molecule has 0 atom stereocenters. The maximum absolute atomic E-state index is 3.74. The van der Waals surface area contributed by atoms with E-state index in [-0.39, 0.29) is 0 Å². The minimum atomic E-state index is 0.994. The lowest BCUT2D eigenvalue weighted by molar-refractivity contribution is 0.831. The average molecular weight is 186 g/mol. The monoisotopic (exact) mass is 186 g/mol. The summed E-state index contributed by atoms with van der Waals surface area (Å²) in [6.07, 6.45) is 8.38. The van der Waals surface area contributed by atoms with Crippen LogP contribution >= 0.6 is 0 Å². The third-order valence-electron chi connectivity index (χ3n) is 2.88. The van der Waals surface area contributed by atoms with Crippen molar-refractivity contribution in [2.45, 2.75) is 32.1 Å². The third-order valence-corrected chi connectivity index (χ3v) is 2.88. The zero-order valence-corrected chi connectivity index (χ0v) is 8.71. The van der Waals surface area contributed by atoms with Crippen molar-refractivity contribution in [1.82, 2.24) is 0 Å². The Kier molecular flexibility index (Phi) is 3.03. The molecule has 1 aliphatic carbocycles. The van der Waals surface area contributed by atoms with E-state index in [9.17, 15) is 0 Å². The summed E-state index contributed by atoms with van der Waals surface area (Å²) in [6.45, 7) is 3.74. The van der Waals surface area contributed by atoms with Gasteiger partial charge >= 0.3 is 0 Å². The highest BCUT2D eigenvalue weighted by Gasteiger charge is 2.20. The molecular weight excluding hydrogens is 168 g/mol. The molecule has 0 unspecified atom stereocenters. The number of benzene rings is 1. The summed E-state index contributed by atoms with van der Waals surface area (Å²) in [5.74, 6) is 0.994. The minimum Gasteiger partial charge on any atom is -0.103 e. The Bertz CT molecular complexity index is 290. The second-order valence-corrected chi connectivity index (χ2v) is 4.29. The van der Waals surface area contributed by atoms with Crippen molar-refractivity contribution in [3.8, 4) is 0 Å². The molecule has 0 saturated heterocycles. The molecule has 0 N–H and O–H groups in total. The Labute approximate surface area is 86.7 Å². The lowest BCUT2D eigenvalue weighted by Crippen LogP contribution is -1.88. The second-order valence-electron chi connectivity index (χ2n) is 4.29. The minimum absolute atomic E-state index is 0.994. The van der Waals surface area contributed by atoms with E-state index in [1.807, 2.05) is 6.08 Å². The van der Waals surface area contributed by atoms with Crippen molar-refractivity contribution >= 4 is 0 Å². The van der Waals surface area contributed by atoms with Crippen LogP contribution < -0.4 is 0 Å². The van der Waals surface area contributed by atoms with Gasteiger partial charge < -0.3 is 0 Å². The van der Waals surface area contributed by atoms with Crippen molar-refractivity contribution in [2.75, 3.05) is 0 Å². The van der Waals surface area contributed by atoms with Crippen molar-refractivity contribution in [3.63, 3.8) is 0 Å². The van der Waals surface area contributed by atoms with Crippen LogP contribution in [0, 0.1) is 5.92 Å². The van der Waals surface area contributed by atoms with Gasteiger partial charge in [0.25, 0.3) is 0 Å². The maximum Gasteiger partial charge on any atom is -0.0244 e. The van der Waals surface area contributed by atoms with E-state index in [4.69, 9.17) is 0 Å². The zero-order valence-electron chi connectivity index (χ0n) is 8.71. The molecule has 1 fully saturated rings. The van der Waals surface area contributed by atoms with Gasteiger partial charge in [0.2, 0.25) is 0 Å². The van der Waals surface area contributed by atoms with Crippen molar-refractivity contribution in [2.24, 2.45) is 5.92 Å². The van der Waals surface area contributed by atoms with Crippen LogP contribution in [0.15, 0.2) is 36.9 Å². The van der Waals surface area contributed by atoms with Gasteiger partial charge in [0.15, 0.2) is 0 Å². The number of hydrogen-bond acceptors (Lipinski definition) is 0. The highest BCUT2D eigenvalue weighted by molar-refractivity contribution is 5.23. The summed E-state index contributed by atoms with van der Waals surface area (Å²) >= 11 is 0. The predicted octanol–water partition coefficient (Wildman–Crippen LogP) is 3.76. The molecule has 2 rings (SSSR count). The fourth-order valence-corrected chi connectivity index (χ4v) is 1.77. The predicted molar refractivity (Wildman–Crippen MR) is 61.4 cm³/mol. The molecule has 1 aromatic rings. The Morgan fingerprint density at radius 1 is 1.14 bits per heavy atom. The van der Waals surface area contributed by atoms with E-state index < -0.39 is 0 Å². The van der Waals surface area contributed by atoms with Crippen LogP contribution in [0.3, 0.4) is 0 Å². The van der Waals surface area contributed by atoms with Crippen molar-refractivity contribution in [1.29, 1.82) is 0 Å². The molecule has 0 radical (unpaired) electrons.